The maximum absolute atomic E-state index is 13.2. The third kappa shape index (κ3) is 3.99. The van der Waals surface area contributed by atoms with Gasteiger partial charge < -0.3 is 9.64 Å². The molecule has 1 saturated heterocycles. The van der Waals surface area contributed by atoms with Crippen LogP contribution in [-0.2, 0) is 27.6 Å². The van der Waals surface area contributed by atoms with Crippen LogP contribution in [0.5, 0.6) is 0 Å². The second kappa shape index (κ2) is 8.69. The molecule has 0 unspecified atom stereocenters. The van der Waals surface area contributed by atoms with Gasteiger partial charge in [-0.15, -0.1) is 0 Å². The number of ether oxygens (including phenoxy) is 1. The molecule has 1 fully saturated rings. The van der Waals surface area contributed by atoms with E-state index in [1.54, 1.807) is 24.3 Å². The predicted octanol–water partition coefficient (Wildman–Crippen LogP) is 3.74. The Morgan fingerprint density at radius 2 is 2.09 bits per heavy atom. The summed E-state index contributed by atoms with van der Waals surface area (Å²) in [5, 5.41) is 9.17. The zero-order valence-electron chi connectivity index (χ0n) is 19.2. The molecule has 1 aliphatic heterocycles. The molecule has 8 nitrogen and oxygen atoms in total. The van der Waals surface area contributed by atoms with Gasteiger partial charge in [0, 0.05) is 35.8 Å². The summed E-state index contributed by atoms with van der Waals surface area (Å²) in [6, 6.07) is 9.25. The second-order valence-electron chi connectivity index (χ2n) is 8.73. The molecule has 0 N–H and O–H groups in total. The number of nitrogens with zero attached hydrogens (tertiary/aromatic N) is 5. The minimum Gasteiger partial charge on any atom is -0.499 e. The van der Waals surface area contributed by atoms with Crippen molar-refractivity contribution < 1.29 is 13.2 Å². The van der Waals surface area contributed by atoms with Crippen LogP contribution in [0.25, 0.3) is 11.3 Å². The summed E-state index contributed by atoms with van der Waals surface area (Å²) in [6.07, 6.45) is 7.15. The number of aromatic nitrogens is 2. The van der Waals surface area contributed by atoms with Gasteiger partial charge in [-0.25, -0.2) is 9.97 Å². The molecule has 2 heterocycles. The Balaban J connectivity index is 1.51. The molecule has 5 rings (SSSR count). The zero-order chi connectivity index (χ0) is 23.9. The number of allylic oxidation sites excluding steroid dienone is 4. The van der Waals surface area contributed by atoms with Gasteiger partial charge in [0.05, 0.1) is 29.0 Å². The molecule has 0 amide bonds. The lowest BCUT2D eigenvalue weighted by Gasteiger charge is -2.39. The molecule has 9 heteroatoms. The Bertz CT molecular complexity index is 1400. The molecule has 0 bridgehead atoms. The highest BCUT2D eigenvalue weighted by Crippen LogP contribution is 2.35. The van der Waals surface area contributed by atoms with Crippen molar-refractivity contribution in [3.05, 3.63) is 59.0 Å². The minimum atomic E-state index is -3.97. The maximum Gasteiger partial charge on any atom is 0.282 e. The lowest BCUT2D eigenvalue weighted by atomic mass is 10.0. The van der Waals surface area contributed by atoms with Crippen molar-refractivity contribution in [2.24, 2.45) is 4.40 Å². The Kier molecular flexibility index (Phi) is 5.70. The average molecular weight is 476 g/mol. The van der Waals surface area contributed by atoms with Crippen LogP contribution < -0.4 is 4.90 Å². The molecule has 1 aromatic carbocycles. The van der Waals surface area contributed by atoms with E-state index in [4.69, 9.17) is 14.7 Å². The molecule has 2 aromatic rings. The summed E-state index contributed by atoms with van der Waals surface area (Å²) in [6.45, 7) is 3.10. The van der Waals surface area contributed by atoms with E-state index in [0.29, 0.717) is 23.1 Å². The molecule has 3 aliphatic rings. The van der Waals surface area contributed by atoms with E-state index in [9.17, 15) is 13.7 Å². The van der Waals surface area contributed by atoms with Gasteiger partial charge in [0.2, 0.25) is 5.95 Å². The molecule has 2 aliphatic carbocycles. The van der Waals surface area contributed by atoms with Gasteiger partial charge in [-0.2, -0.15) is 18.1 Å². The van der Waals surface area contributed by atoms with Crippen molar-refractivity contribution in [1.82, 2.24) is 9.97 Å². The van der Waals surface area contributed by atoms with Crippen LogP contribution in [0.3, 0.4) is 0 Å². The number of rotatable bonds is 5. The number of benzene rings is 1. The quantitative estimate of drug-likeness (QED) is 0.648. The summed E-state index contributed by atoms with van der Waals surface area (Å²) >= 11 is 0. The zero-order valence-corrected chi connectivity index (χ0v) is 20.0. The standard InChI is InChI=1S/C25H25N5O3S/c1-16-11-12-30(16)25-27-22-8-4-7-21(22)24(28-25)17-5-3-6-20(13-17)34(31,32)29-19-10-9-18(15-26)23(14-19)33-2/h3,5-6,9-10,13,16H,4,7-8,11-12,14H2,1-2H3/t16-/m0/s1. The summed E-state index contributed by atoms with van der Waals surface area (Å²) in [5.74, 6) is 1.12. The first-order valence-corrected chi connectivity index (χ1v) is 12.8. The van der Waals surface area contributed by atoms with Crippen LogP contribution in [-0.4, -0.2) is 43.8 Å². The fourth-order valence-electron chi connectivity index (χ4n) is 4.55. The highest BCUT2D eigenvalue weighted by molar-refractivity contribution is 7.90. The number of hydrogen-bond acceptors (Lipinski definition) is 7. The first-order chi connectivity index (χ1) is 16.4. The van der Waals surface area contributed by atoms with Crippen LogP contribution in [0.4, 0.5) is 5.95 Å². The van der Waals surface area contributed by atoms with E-state index in [1.165, 1.54) is 13.2 Å². The maximum atomic E-state index is 13.2. The Hall–Kier alpha value is -3.51. The van der Waals surface area contributed by atoms with Crippen molar-refractivity contribution in [2.75, 3.05) is 18.6 Å². The molecule has 0 spiro atoms. The lowest BCUT2D eigenvalue weighted by molar-refractivity contribution is 0.285. The van der Waals surface area contributed by atoms with Crippen LogP contribution in [0.1, 0.15) is 37.4 Å². The van der Waals surface area contributed by atoms with Gasteiger partial charge >= 0.3 is 0 Å². The summed E-state index contributed by atoms with van der Waals surface area (Å²) in [5.41, 5.74) is 4.41. The SMILES string of the molecule is COC1=C(C#N)C=CC(=NS(=O)(=O)c2cccc(-c3nc(N4CC[C@@H]4C)nc4c3CCC4)c2)C1. The molecule has 1 atom stereocenters. The summed E-state index contributed by atoms with van der Waals surface area (Å²) < 4.78 is 35.6. The van der Waals surface area contributed by atoms with Gasteiger partial charge in [-0.05, 0) is 56.9 Å². The first kappa shape index (κ1) is 22.3. The number of nitriles is 1. The second-order valence-corrected chi connectivity index (χ2v) is 10.3. The van der Waals surface area contributed by atoms with Gasteiger partial charge in [0.1, 0.15) is 11.8 Å². The van der Waals surface area contributed by atoms with E-state index in [0.717, 1.165) is 60.7 Å². The minimum absolute atomic E-state index is 0.101. The Labute approximate surface area is 199 Å². The third-order valence-electron chi connectivity index (χ3n) is 6.59. The topological polar surface area (TPSA) is 109 Å². The number of aryl methyl sites for hydroxylation is 1. The number of anilines is 1. The summed E-state index contributed by atoms with van der Waals surface area (Å²) in [7, 11) is -2.51. The molecular weight excluding hydrogens is 450 g/mol. The molecule has 1 aromatic heterocycles. The van der Waals surface area contributed by atoms with E-state index in [1.807, 2.05) is 12.1 Å². The predicted molar refractivity (Wildman–Crippen MR) is 129 cm³/mol. The fraction of sp³-hybridized carbons (Fsp3) is 0.360. The van der Waals surface area contributed by atoms with E-state index < -0.39 is 10.0 Å². The number of hydrogen-bond donors (Lipinski definition) is 0. The van der Waals surface area contributed by atoms with Crippen molar-refractivity contribution in [2.45, 2.75) is 50.0 Å². The van der Waals surface area contributed by atoms with Crippen LogP contribution in [0.15, 0.2) is 57.0 Å². The molecule has 0 saturated carbocycles. The third-order valence-corrected chi connectivity index (χ3v) is 7.92. The first-order valence-electron chi connectivity index (χ1n) is 11.4. The van der Waals surface area contributed by atoms with E-state index in [-0.39, 0.29) is 11.3 Å². The van der Waals surface area contributed by atoms with Gasteiger partial charge in [-0.3, -0.25) is 0 Å². The number of sulfonamides is 1. The van der Waals surface area contributed by atoms with Gasteiger partial charge in [-0.1, -0.05) is 12.1 Å². The van der Waals surface area contributed by atoms with Crippen LogP contribution in [0.2, 0.25) is 0 Å². The average Bonchev–Trinajstić information content (AvgIpc) is 3.31. The van der Waals surface area contributed by atoms with Crippen molar-refractivity contribution in [3.8, 4) is 17.3 Å². The van der Waals surface area contributed by atoms with Crippen LogP contribution >= 0.6 is 0 Å². The van der Waals surface area contributed by atoms with E-state index in [2.05, 4.69) is 16.2 Å². The highest BCUT2D eigenvalue weighted by atomic mass is 32.2. The smallest absolute Gasteiger partial charge is 0.282 e. The van der Waals surface area contributed by atoms with E-state index >= 15 is 0 Å². The molecular formula is C25H25N5O3S. The Morgan fingerprint density at radius 1 is 1.24 bits per heavy atom. The van der Waals surface area contributed by atoms with Gasteiger partial charge in [0.25, 0.3) is 10.0 Å². The summed E-state index contributed by atoms with van der Waals surface area (Å²) in [4.78, 5) is 12.0. The molecule has 34 heavy (non-hydrogen) atoms. The van der Waals surface area contributed by atoms with Crippen molar-refractivity contribution >= 4 is 21.7 Å². The normalized spacial score (nSPS) is 20.8. The fourth-order valence-corrected chi connectivity index (χ4v) is 5.61. The number of methoxy groups -OCH3 is 1. The van der Waals surface area contributed by atoms with Crippen molar-refractivity contribution in [1.29, 1.82) is 5.26 Å². The monoisotopic (exact) mass is 475 g/mol. The largest absolute Gasteiger partial charge is 0.499 e. The molecule has 0 radical (unpaired) electrons. The number of fused-ring (bicyclic) bond motifs is 1. The highest BCUT2D eigenvalue weighted by Gasteiger charge is 2.29. The molecule has 174 valence electrons. The van der Waals surface area contributed by atoms with Gasteiger partial charge in [0.15, 0.2) is 0 Å². The van der Waals surface area contributed by atoms with Crippen LogP contribution in [0, 0.1) is 11.3 Å². The Morgan fingerprint density at radius 3 is 2.79 bits per heavy atom. The lowest BCUT2D eigenvalue weighted by Crippen LogP contribution is -2.46. The van der Waals surface area contributed by atoms with Crippen molar-refractivity contribution in [3.63, 3.8) is 0 Å².